The van der Waals surface area contributed by atoms with E-state index in [1.165, 1.54) is 12.1 Å². The molecule has 0 saturated heterocycles. The zero-order valence-corrected chi connectivity index (χ0v) is 19.5. The predicted octanol–water partition coefficient (Wildman–Crippen LogP) is 3.91. The van der Waals surface area contributed by atoms with Gasteiger partial charge in [-0.05, 0) is 48.0 Å². The van der Waals surface area contributed by atoms with Gasteiger partial charge in [-0.2, -0.15) is 0 Å². The Morgan fingerprint density at radius 2 is 1.67 bits per heavy atom. The second kappa shape index (κ2) is 11.6. The van der Waals surface area contributed by atoms with E-state index in [1.807, 2.05) is 12.1 Å². The van der Waals surface area contributed by atoms with Crippen molar-refractivity contribution in [2.75, 3.05) is 37.6 Å². The van der Waals surface area contributed by atoms with Crippen molar-refractivity contribution in [3.8, 4) is 17.2 Å². The molecule has 0 spiro atoms. The van der Waals surface area contributed by atoms with Gasteiger partial charge in [0.2, 0.25) is 5.91 Å². The molecule has 0 aromatic heterocycles. The van der Waals surface area contributed by atoms with Gasteiger partial charge in [0.25, 0.3) is 5.91 Å². The minimum absolute atomic E-state index is 0.121. The van der Waals surface area contributed by atoms with E-state index in [-0.39, 0.29) is 11.3 Å². The molecule has 184 valence electrons. The first kappa shape index (κ1) is 24.3. The SMILES string of the molecule is COc1ccc(/C=C/C(=O)Nc2ccccc2C(=O)OCC(=O)Nc2ccc3c(c2)OCCO3)cc1. The summed E-state index contributed by atoms with van der Waals surface area (Å²) in [5, 5.41) is 5.31. The summed E-state index contributed by atoms with van der Waals surface area (Å²) < 4.78 is 21.2. The van der Waals surface area contributed by atoms with Crippen molar-refractivity contribution in [1.82, 2.24) is 0 Å². The van der Waals surface area contributed by atoms with Gasteiger partial charge in [-0.15, -0.1) is 0 Å². The van der Waals surface area contributed by atoms with Gasteiger partial charge >= 0.3 is 5.97 Å². The second-order valence-corrected chi connectivity index (χ2v) is 7.62. The van der Waals surface area contributed by atoms with Gasteiger partial charge in [0.1, 0.15) is 19.0 Å². The normalized spacial score (nSPS) is 12.0. The van der Waals surface area contributed by atoms with Crippen LogP contribution in [0.1, 0.15) is 15.9 Å². The smallest absolute Gasteiger partial charge is 0.340 e. The Morgan fingerprint density at radius 1 is 0.917 bits per heavy atom. The van der Waals surface area contributed by atoms with E-state index >= 15 is 0 Å². The van der Waals surface area contributed by atoms with Gasteiger partial charge in [-0.25, -0.2) is 4.79 Å². The molecule has 2 N–H and O–H groups in total. The number of amides is 2. The standard InChI is InChI=1S/C27H24N2O7/c1-33-20-10-6-18(7-11-20)8-13-25(30)29-22-5-3-2-4-21(22)27(32)36-17-26(31)28-19-9-12-23-24(16-19)35-15-14-34-23/h2-13,16H,14-15,17H2,1H3,(H,28,31)(H,29,30)/b13-8+. The van der Waals surface area contributed by atoms with Crippen LogP contribution in [-0.4, -0.2) is 44.7 Å². The highest BCUT2D eigenvalue weighted by Gasteiger charge is 2.17. The lowest BCUT2D eigenvalue weighted by molar-refractivity contribution is -0.119. The number of hydrogen-bond donors (Lipinski definition) is 2. The third kappa shape index (κ3) is 6.41. The van der Waals surface area contributed by atoms with Crippen molar-refractivity contribution < 1.29 is 33.3 Å². The van der Waals surface area contributed by atoms with Crippen LogP contribution in [0.4, 0.5) is 11.4 Å². The Morgan fingerprint density at radius 3 is 2.44 bits per heavy atom. The van der Waals surface area contributed by atoms with E-state index < -0.39 is 24.4 Å². The largest absolute Gasteiger partial charge is 0.497 e. The molecular formula is C27H24N2O7. The molecule has 36 heavy (non-hydrogen) atoms. The maximum Gasteiger partial charge on any atom is 0.340 e. The van der Waals surface area contributed by atoms with Gasteiger partial charge in [-0.3, -0.25) is 9.59 Å². The zero-order valence-electron chi connectivity index (χ0n) is 19.5. The molecule has 0 bridgehead atoms. The highest BCUT2D eigenvalue weighted by molar-refractivity contribution is 6.06. The molecule has 2 amide bonds. The second-order valence-electron chi connectivity index (χ2n) is 7.62. The number of para-hydroxylation sites is 1. The average molecular weight is 488 g/mol. The molecule has 0 saturated carbocycles. The fraction of sp³-hybridized carbons (Fsp3) is 0.148. The quantitative estimate of drug-likeness (QED) is 0.365. The van der Waals surface area contributed by atoms with Crippen LogP contribution in [0, 0.1) is 0 Å². The van der Waals surface area contributed by atoms with Crippen LogP contribution in [0.2, 0.25) is 0 Å². The van der Waals surface area contributed by atoms with E-state index in [0.717, 1.165) is 5.56 Å². The van der Waals surface area contributed by atoms with Gasteiger partial charge < -0.3 is 29.6 Å². The Labute approximate surface area is 207 Å². The lowest BCUT2D eigenvalue weighted by Crippen LogP contribution is -2.22. The number of carbonyl (C=O) groups is 3. The summed E-state index contributed by atoms with van der Waals surface area (Å²) in [6.45, 7) is 0.387. The van der Waals surface area contributed by atoms with E-state index in [4.69, 9.17) is 18.9 Å². The minimum atomic E-state index is -0.748. The number of ether oxygens (including phenoxy) is 4. The number of hydrogen-bond acceptors (Lipinski definition) is 7. The monoisotopic (exact) mass is 488 g/mol. The van der Waals surface area contributed by atoms with Crippen molar-refractivity contribution in [2.24, 2.45) is 0 Å². The van der Waals surface area contributed by atoms with Gasteiger partial charge in [0.15, 0.2) is 18.1 Å². The molecule has 0 radical (unpaired) electrons. The molecule has 9 heteroatoms. The predicted molar refractivity (Wildman–Crippen MR) is 133 cm³/mol. The number of benzene rings is 3. The summed E-state index contributed by atoms with van der Waals surface area (Å²) in [4.78, 5) is 37.3. The van der Waals surface area contributed by atoms with Crippen LogP contribution in [0.15, 0.2) is 72.8 Å². The van der Waals surface area contributed by atoms with E-state index in [2.05, 4.69) is 10.6 Å². The van der Waals surface area contributed by atoms with Crippen LogP contribution in [-0.2, 0) is 14.3 Å². The Hall–Kier alpha value is -4.79. The highest BCUT2D eigenvalue weighted by Crippen LogP contribution is 2.32. The summed E-state index contributed by atoms with van der Waals surface area (Å²) in [5.74, 6) is 0.141. The van der Waals surface area contributed by atoms with Crippen molar-refractivity contribution in [1.29, 1.82) is 0 Å². The van der Waals surface area contributed by atoms with E-state index in [0.29, 0.717) is 36.1 Å². The molecule has 0 unspecified atom stereocenters. The molecule has 0 atom stereocenters. The number of nitrogens with one attached hydrogen (secondary N) is 2. The lowest BCUT2D eigenvalue weighted by Gasteiger charge is -2.19. The summed E-state index contributed by atoms with van der Waals surface area (Å²) >= 11 is 0. The number of rotatable bonds is 8. The molecular weight excluding hydrogens is 464 g/mol. The molecule has 1 heterocycles. The fourth-order valence-corrected chi connectivity index (χ4v) is 3.36. The zero-order chi connectivity index (χ0) is 25.3. The van der Waals surface area contributed by atoms with E-state index in [9.17, 15) is 14.4 Å². The first-order valence-electron chi connectivity index (χ1n) is 11.1. The summed E-state index contributed by atoms with van der Waals surface area (Å²) in [5.41, 5.74) is 1.68. The van der Waals surface area contributed by atoms with Crippen molar-refractivity contribution in [3.05, 3.63) is 83.9 Å². The van der Waals surface area contributed by atoms with Crippen molar-refractivity contribution >= 4 is 35.2 Å². The fourth-order valence-electron chi connectivity index (χ4n) is 3.36. The average Bonchev–Trinajstić information content (AvgIpc) is 2.91. The van der Waals surface area contributed by atoms with Crippen molar-refractivity contribution in [2.45, 2.75) is 0 Å². The Bertz CT molecular complexity index is 1290. The number of carbonyl (C=O) groups excluding carboxylic acids is 3. The molecule has 4 rings (SSSR count). The van der Waals surface area contributed by atoms with Gasteiger partial charge in [-0.1, -0.05) is 24.3 Å². The molecule has 9 nitrogen and oxygen atoms in total. The molecule has 3 aromatic rings. The molecule has 1 aliphatic heterocycles. The maximum atomic E-state index is 12.6. The van der Waals surface area contributed by atoms with Crippen LogP contribution < -0.4 is 24.8 Å². The number of fused-ring (bicyclic) bond motifs is 1. The summed E-state index contributed by atoms with van der Waals surface area (Å²) in [6, 6.07) is 18.6. The minimum Gasteiger partial charge on any atom is -0.497 e. The topological polar surface area (TPSA) is 112 Å². The lowest BCUT2D eigenvalue weighted by atomic mass is 10.1. The van der Waals surface area contributed by atoms with Gasteiger partial charge in [0, 0.05) is 17.8 Å². The van der Waals surface area contributed by atoms with Crippen molar-refractivity contribution in [3.63, 3.8) is 0 Å². The molecule has 0 fully saturated rings. The summed E-state index contributed by atoms with van der Waals surface area (Å²) in [6.07, 6.45) is 2.99. The van der Waals surface area contributed by atoms with Gasteiger partial charge in [0.05, 0.1) is 18.4 Å². The third-order valence-corrected chi connectivity index (χ3v) is 5.11. The highest BCUT2D eigenvalue weighted by atomic mass is 16.6. The molecule has 3 aromatic carbocycles. The van der Waals surface area contributed by atoms with Crippen LogP contribution in [0.3, 0.4) is 0 Å². The Kier molecular flexibility index (Phi) is 7.82. The first-order chi connectivity index (χ1) is 17.5. The van der Waals surface area contributed by atoms with Crippen LogP contribution in [0.25, 0.3) is 6.08 Å². The number of methoxy groups -OCH3 is 1. The number of esters is 1. The number of anilines is 2. The molecule has 0 aliphatic carbocycles. The third-order valence-electron chi connectivity index (χ3n) is 5.11. The van der Waals surface area contributed by atoms with Crippen LogP contribution in [0.5, 0.6) is 17.2 Å². The van der Waals surface area contributed by atoms with Crippen LogP contribution >= 0.6 is 0 Å². The molecule has 1 aliphatic rings. The van der Waals surface area contributed by atoms with E-state index in [1.54, 1.807) is 61.7 Å². The summed E-state index contributed by atoms with van der Waals surface area (Å²) in [7, 11) is 1.58. The Balaban J connectivity index is 1.32. The first-order valence-corrected chi connectivity index (χ1v) is 11.1. The maximum absolute atomic E-state index is 12.6.